The fraction of sp³-hybridized carbons (Fsp3) is 0.250. The third-order valence-corrected chi connectivity index (χ3v) is 5.92. The van der Waals surface area contributed by atoms with Crippen molar-refractivity contribution in [2.24, 2.45) is 0 Å². The smallest absolute Gasteiger partial charge is 0.256 e. The molecule has 0 saturated heterocycles. The van der Waals surface area contributed by atoms with Crippen LogP contribution in [0.3, 0.4) is 0 Å². The van der Waals surface area contributed by atoms with Gasteiger partial charge in [0.05, 0.1) is 11.1 Å². The monoisotopic (exact) mass is 446 g/mol. The van der Waals surface area contributed by atoms with Crippen LogP contribution in [0.15, 0.2) is 72.9 Å². The van der Waals surface area contributed by atoms with Crippen LogP contribution in [0.4, 0.5) is 8.78 Å². The number of aromatic nitrogens is 1. The van der Waals surface area contributed by atoms with Gasteiger partial charge in [0.15, 0.2) is 0 Å². The predicted octanol–water partition coefficient (Wildman–Crippen LogP) is 6.63. The zero-order valence-corrected chi connectivity index (χ0v) is 19.2. The van der Waals surface area contributed by atoms with Crippen molar-refractivity contribution < 1.29 is 13.6 Å². The number of hydrogen-bond donors (Lipinski definition) is 1. The van der Waals surface area contributed by atoms with E-state index >= 15 is 0 Å². The van der Waals surface area contributed by atoms with Crippen LogP contribution in [0.2, 0.25) is 0 Å². The molecule has 0 aliphatic rings. The second-order valence-corrected chi connectivity index (χ2v) is 9.45. The molecule has 33 heavy (non-hydrogen) atoms. The minimum absolute atomic E-state index is 0.0391. The highest BCUT2D eigenvalue weighted by Gasteiger charge is 2.21. The molecule has 1 amide bonds. The van der Waals surface area contributed by atoms with Crippen molar-refractivity contribution in [2.45, 2.75) is 39.2 Å². The van der Waals surface area contributed by atoms with E-state index in [4.69, 9.17) is 0 Å². The summed E-state index contributed by atoms with van der Waals surface area (Å²) in [6, 6.07) is 19.0. The number of rotatable bonds is 6. The quantitative estimate of drug-likeness (QED) is 0.355. The van der Waals surface area contributed by atoms with Crippen LogP contribution < -0.4 is 0 Å². The summed E-state index contributed by atoms with van der Waals surface area (Å²) in [5.41, 5.74) is 4.11. The van der Waals surface area contributed by atoms with Crippen LogP contribution >= 0.6 is 0 Å². The lowest BCUT2D eigenvalue weighted by Gasteiger charge is -2.24. The maximum absolute atomic E-state index is 14.2. The number of carbonyl (C=O) groups excluding carboxylic acids is 1. The fourth-order valence-corrected chi connectivity index (χ4v) is 3.97. The van der Waals surface area contributed by atoms with Gasteiger partial charge in [0, 0.05) is 24.7 Å². The highest BCUT2D eigenvalue weighted by atomic mass is 19.1. The molecule has 1 heterocycles. The summed E-state index contributed by atoms with van der Waals surface area (Å²) in [5, 5.41) is 0.659. The number of fused-ring (bicyclic) bond motifs is 1. The average Bonchev–Trinajstić information content (AvgIpc) is 3.25. The van der Waals surface area contributed by atoms with Crippen LogP contribution in [0.25, 0.3) is 10.9 Å². The summed E-state index contributed by atoms with van der Waals surface area (Å²) in [6.07, 6.45) is 2.27. The van der Waals surface area contributed by atoms with Crippen LogP contribution in [0.5, 0.6) is 0 Å². The average molecular weight is 447 g/mol. The van der Waals surface area contributed by atoms with E-state index in [9.17, 15) is 13.6 Å². The first-order chi connectivity index (χ1) is 15.7. The standard InChI is InChI=1S/C28H28F2N2O/c1-28(2,3)22-8-4-20(5-9-22)18-32(15-13-19-6-10-23(29)11-7-19)27(33)25-17-24(30)16-21-12-14-31-26(21)25/h4-12,14,16-17,31H,13,15,18H2,1-3H3. The number of benzene rings is 3. The number of carbonyl (C=O) groups is 1. The molecular weight excluding hydrogens is 418 g/mol. The molecule has 0 radical (unpaired) electrons. The molecule has 5 heteroatoms. The van der Waals surface area contributed by atoms with Gasteiger partial charge in [-0.05, 0) is 58.9 Å². The molecular formula is C28H28F2N2O. The van der Waals surface area contributed by atoms with Gasteiger partial charge in [0.25, 0.3) is 5.91 Å². The first-order valence-corrected chi connectivity index (χ1v) is 11.1. The number of nitrogens with one attached hydrogen (secondary N) is 1. The van der Waals surface area contributed by atoms with Crippen molar-refractivity contribution in [3.05, 3.63) is 107 Å². The Balaban J connectivity index is 1.63. The lowest BCUT2D eigenvalue weighted by Crippen LogP contribution is -2.33. The van der Waals surface area contributed by atoms with Gasteiger partial charge in [-0.2, -0.15) is 0 Å². The summed E-state index contributed by atoms with van der Waals surface area (Å²) < 4.78 is 27.5. The van der Waals surface area contributed by atoms with Gasteiger partial charge in [-0.25, -0.2) is 8.78 Å². The third kappa shape index (κ3) is 5.30. The summed E-state index contributed by atoms with van der Waals surface area (Å²) in [5.74, 6) is -0.984. The van der Waals surface area contributed by atoms with Gasteiger partial charge >= 0.3 is 0 Å². The van der Waals surface area contributed by atoms with E-state index in [2.05, 4.69) is 37.9 Å². The number of H-pyrrole nitrogens is 1. The third-order valence-electron chi connectivity index (χ3n) is 5.92. The molecule has 4 aromatic rings. The van der Waals surface area contributed by atoms with Crippen LogP contribution in [-0.4, -0.2) is 22.3 Å². The Morgan fingerprint density at radius 2 is 1.55 bits per heavy atom. The zero-order chi connectivity index (χ0) is 23.6. The van der Waals surface area contributed by atoms with Gasteiger partial charge in [-0.3, -0.25) is 4.79 Å². The van der Waals surface area contributed by atoms with Crippen LogP contribution in [-0.2, 0) is 18.4 Å². The van der Waals surface area contributed by atoms with Crippen molar-refractivity contribution in [1.29, 1.82) is 0 Å². The minimum atomic E-state index is -0.446. The van der Waals surface area contributed by atoms with E-state index in [-0.39, 0.29) is 17.1 Å². The number of halogens is 2. The highest BCUT2D eigenvalue weighted by Crippen LogP contribution is 2.24. The molecule has 170 valence electrons. The summed E-state index contributed by atoms with van der Waals surface area (Å²) in [7, 11) is 0. The molecule has 0 saturated carbocycles. The van der Waals surface area contributed by atoms with Gasteiger partial charge in [0.2, 0.25) is 0 Å². The molecule has 1 N–H and O–H groups in total. The number of amides is 1. The molecule has 0 fully saturated rings. The summed E-state index contributed by atoms with van der Waals surface area (Å²) in [4.78, 5) is 18.4. The van der Waals surface area contributed by atoms with Crippen molar-refractivity contribution in [3.8, 4) is 0 Å². The first-order valence-electron chi connectivity index (χ1n) is 11.1. The van der Waals surface area contributed by atoms with Gasteiger partial charge < -0.3 is 9.88 Å². The maximum Gasteiger partial charge on any atom is 0.256 e. The Hall–Kier alpha value is -3.47. The van der Waals surface area contributed by atoms with Crippen LogP contribution in [0.1, 0.15) is 47.8 Å². The Bertz CT molecular complexity index is 1250. The second-order valence-electron chi connectivity index (χ2n) is 9.45. The summed E-state index contributed by atoms with van der Waals surface area (Å²) in [6.45, 7) is 7.29. The normalized spacial score (nSPS) is 11.7. The molecule has 0 aliphatic heterocycles. The van der Waals surface area contributed by atoms with E-state index in [1.807, 2.05) is 12.1 Å². The minimum Gasteiger partial charge on any atom is -0.361 e. The van der Waals surface area contributed by atoms with E-state index in [0.29, 0.717) is 36.0 Å². The van der Waals surface area contributed by atoms with Gasteiger partial charge in [-0.15, -0.1) is 0 Å². The van der Waals surface area contributed by atoms with Crippen molar-refractivity contribution in [2.75, 3.05) is 6.54 Å². The first kappa shape index (κ1) is 22.7. The Morgan fingerprint density at radius 1 is 0.879 bits per heavy atom. The van der Waals surface area contributed by atoms with Gasteiger partial charge in [0.1, 0.15) is 11.6 Å². The Kier molecular flexibility index (Phi) is 6.32. The molecule has 0 bridgehead atoms. The molecule has 4 rings (SSSR count). The number of aromatic amines is 1. The fourth-order valence-electron chi connectivity index (χ4n) is 3.97. The SMILES string of the molecule is CC(C)(C)c1ccc(CN(CCc2ccc(F)cc2)C(=O)c2cc(F)cc3cc[nH]c23)cc1. The second kappa shape index (κ2) is 9.18. The van der Waals surface area contributed by atoms with E-state index in [0.717, 1.165) is 11.1 Å². The predicted molar refractivity (Wildman–Crippen MR) is 128 cm³/mol. The maximum atomic E-state index is 14.2. The van der Waals surface area contributed by atoms with Gasteiger partial charge in [-0.1, -0.05) is 57.2 Å². The molecule has 1 aromatic heterocycles. The highest BCUT2D eigenvalue weighted by molar-refractivity contribution is 6.05. The molecule has 0 spiro atoms. The van der Waals surface area contributed by atoms with Crippen molar-refractivity contribution in [3.63, 3.8) is 0 Å². The topological polar surface area (TPSA) is 36.1 Å². The Labute approximate surface area is 193 Å². The zero-order valence-electron chi connectivity index (χ0n) is 19.2. The van der Waals surface area contributed by atoms with Crippen molar-refractivity contribution >= 4 is 16.8 Å². The molecule has 0 aliphatic carbocycles. The largest absolute Gasteiger partial charge is 0.361 e. The van der Waals surface area contributed by atoms with E-state index in [1.165, 1.54) is 29.8 Å². The number of nitrogens with zero attached hydrogens (tertiary/aromatic N) is 1. The Morgan fingerprint density at radius 3 is 2.21 bits per heavy atom. The molecule has 3 nitrogen and oxygen atoms in total. The van der Waals surface area contributed by atoms with E-state index < -0.39 is 5.82 Å². The van der Waals surface area contributed by atoms with E-state index in [1.54, 1.807) is 29.3 Å². The lowest BCUT2D eigenvalue weighted by atomic mass is 9.87. The van der Waals surface area contributed by atoms with Crippen LogP contribution in [0, 0.1) is 11.6 Å². The number of hydrogen-bond acceptors (Lipinski definition) is 1. The summed E-state index contributed by atoms with van der Waals surface area (Å²) >= 11 is 0. The van der Waals surface area contributed by atoms with Crippen molar-refractivity contribution in [1.82, 2.24) is 9.88 Å². The molecule has 0 atom stereocenters. The molecule has 0 unspecified atom stereocenters. The molecule has 3 aromatic carbocycles. The lowest BCUT2D eigenvalue weighted by molar-refractivity contribution is 0.0746.